The molecule has 0 aromatic heterocycles. The van der Waals surface area contributed by atoms with Crippen LogP contribution in [0.4, 0.5) is 0 Å². The van der Waals surface area contributed by atoms with Gasteiger partial charge in [-0.3, -0.25) is 10.1 Å². The number of rotatable bonds is 9. The lowest BCUT2D eigenvalue weighted by atomic mass is 10.2. The molecule has 22 heavy (non-hydrogen) atoms. The maximum absolute atomic E-state index is 12.0. The second-order valence-electron chi connectivity index (χ2n) is 4.42. The quantitative estimate of drug-likeness (QED) is 0.527. The highest BCUT2D eigenvalue weighted by molar-refractivity contribution is 7.80. The molecule has 0 fully saturated rings. The Kier molecular flexibility index (Phi) is 9.13. The minimum atomic E-state index is -0.257. The standard InChI is InChI=1S/C15H22N2O4S/c1-19-9-3-8-16-15(22)17-14(18)12-4-6-13(7-5-12)21-11-10-20-2/h4-7H,3,8-11H2,1-2H3,(H2,16,17,18,22). The van der Waals surface area contributed by atoms with E-state index in [9.17, 15) is 4.79 Å². The molecule has 122 valence electrons. The molecule has 0 bridgehead atoms. The third-order valence-corrected chi connectivity index (χ3v) is 2.96. The van der Waals surface area contributed by atoms with Crippen LogP contribution in [-0.2, 0) is 9.47 Å². The zero-order valence-electron chi connectivity index (χ0n) is 12.9. The molecule has 0 saturated carbocycles. The third kappa shape index (κ3) is 7.35. The van der Waals surface area contributed by atoms with Crippen molar-refractivity contribution in [2.75, 3.05) is 40.6 Å². The summed E-state index contributed by atoms with van der Waals surface area (Å²) in [5.41, 5.74) is 0.514. The van der Waals surface area contributed by atoms with Crippen molar-refractivity contribution in [1.29, 1.82) is 0 Å². The molecule has 2 N–H and O–H groups in total. The molecule has 1 rings (SSSR count). The van der Waals surface area contributed by atoms with Gasteiger partial charge in [-0.1, -0.05) is 0 Å². The van der Waals surface area contributed by atoms with Crippen LogP contribution in [0.25, 0.3) is 0 Å². The first-order valence-corrected chi connectivity index (χ1v) is 7.38. The average Bonchev–Trinajstić information content (AvgIpc) is 2.52. The summed E-state index contributed by atoms with van der Waals surface area (Å²) < 4.78 is 15.3. The number of benzene rings is 1. The third-order valence-electron chi connectivity index (χ3n) is 2.71. The molecule has 0 aliphatic carbocycles. The van der Waals surface area contributed by atoms with Crippen molar-refractivity contribution in [2.24, 2.45) is 0 Å². The molecular formula is C15H22N2O4S. The Morgan fingerprint density at radius 3 is 2.41 bits per heavy atom. The second kappa shape index (κ2) is 10.9. The van der Waals surface area contributed by atoms with Crippen LogP contribution < -0.4 is 15.4 Å². The number of carbonyl (C=O) groups is 1. The number of hydrogen-bond acceptors (Lipinski definition) is 5. The fraction of sp³-hybridized carbons (Fsp3) is 0.467. The van der Waals surface area contributed by atoms with Crippen LogP contribution in [-0.4, -0.2) is 51.6 Å². The van der Waals surface area contributed by atoms with Crippen molar-refractivity contribution < 1.29 is 19.0 Å². The molecule has 0 saturated heterocycles. The Bertz CT molecular complexity index is 465. The second-order valence-corrected chi connectivity index (χ2v) is 4.83. The maximum Gasteiger partial charge on any atom is 0.257 e. The number of methoxy groups -OCH3 is 2. The predicted molar refractivity (Wildman–Crippen MR) is 88.4 cm³/mol. The summed E-state index contributed by atoms with van der Waals surface area (Å²) >= 11 is 5.05. The van der Waals surface area contributed by atoms with Crippen molar-refractivity contribution in [2.45, 2.75) is 6.42 Å². The minimum absolute atomic E-state index is 0.257. The summed E-state index contributed by atoms with van der Waals surface area (Å²) in [4.78, 5) is 12.0. The van der Waals surface area contributed by atoms with Gasteiger partial charge in [0, 0.05) is 32.9 Å². The highest BCUT2D eigenvalue weighted by atomic mass is 32.1. The van der Waals surface area contributed by atoms with E-state index in [1.54, 1.807) is 38.5 Å². The van der Waals surface area contributed by atoms with Crippen molar-refractivity contribution in [3.05, 3.63) is 29.8 Å². The molecule has 1 aromatic rings. The van der Waals surface area contributed by atoms with Gasteiger partial charge < -0.3 is 19.5 Å². The number of hydrogen-bond donors (Lipinski definition) is 2. The summed E-state index contributed by atoms with van der Waals surface area (Å²) in [6, 6.07) is 6.84. The molecule has 1 aromatic carbocycles. The van der Waals surface area contributed by atoms with Gasteiger partial charge in [-0.2, -0.15) is 0 Å². The zero-order valence-corrected chi connectivity index (χ0v) is 13.7. The van der Waals surface area contributed by atoms with Crippen molar-refractivity contribution >= 4 is 23.2 Å². The Balaban J connectivity index is 2.36. The lowest BCUT2D eigenvalue weighted by Crippen LogP contribution is -2.39. The molecule has 1 amide bonds. The van der Waals surface area contributed by atoms with Crippen molar-refractivity contribution in [3.63, 3.8) is 0 Å². The molecule has 0 aliphatic heterocycles. The van der Waals surface area contributed by atoms with E-state index in [0.717, 1.165) is 6.42 Å². The largest absolute Gasteiger partial charge is 0.491 e. The van der Waals surface area contributed by atoms with Crippen molar-refractivity contribution in [3.8, 4) is 5.75 Å². The minimum Gasteiger partial charge on any atom is -0.491 e. The molecule has 0 unspecified atom stereocenters. The van der Waals surface area contributed by atoms with Gasteiger partial charge in [0.2, 0.25) is 0 Å². The molecule has 0 atom stereocenters. The lowest BCUT2D eigenvalue weighted by Gasteiger charge is -2.10. The van der Waals surface area contributed by atoms with Crippen LogP contribution in [0.1, 0.15) is 16.8 Å². The fourth-order valence-corrected chi connectivity index (χ4v) is 1.78. The van der Waals surface area contributed by atoms with Crippen LogP contribution in [0.15, 0.2) is 24.3 Å². The van der Waals surface area contributed by atoms with E-state index in [1.165, 1.54) is 0 Å². The Morgan fingerprint density at radius 1 is 1.09 bits per heavy atom. The van der Waals surface area contributed by atoms with E-state index in [2.05, 4.69) is 10.6 Å². The van der Waals surface area contributed by atoms with Crippen LogP contribution in [0.3, 0.4) is 0 Å². The summed E-state index contributed by atoms with van der Waals surface area (Å²) in [6.07, 6.45) is 0.819. The number of amides is 1. The molecule has 0 spiro atoms. The van der Waals surface area contributed by atoms with Crippen molar-refractivity contribution in [1.82, 2.24) is 10.6 Å². The average molecular weight is 326 g/mol. The van der Waals surface area contributed by atoms with Gasteiger partial charge in [0.1, 0.15) is 12.4 Å². The van der Waals surface area contributed by atoms with E-state index in [1.807, 2.05) is 0 Å². The normalized spacial score (nSPS) is 10.1. The molecule has 0 heterocycles. The number of carbonyl (C=O) groups excluding carboxylic acids is 1. The van der Waals surface area contributed by atoms with E-state index in [0.29, 0.717) is 42.8 Å². The van der Waals surface area contributed by atoms with E-state index >= 15 is 0 Å². The van der Waals surface area contributed by atoms with E-state index < -0.39 is 0 Å². The van der Waals surface area contributed by atoms with Gasteiger partial charge in [0.05, 0.1) is 6.61 Å². The number of thiocarbonyl (C=S) groups is 1. The summed E-state index contributed by atoms with van der Waals surface area (Å²) in [7, 11) is 3.26. The molecule has 6 nitrogen and oxygen atoms in total. The molecule has 0 radical (unpaired) electrons. The highest BCUT2D eigenvalue weighted by Crippen LogP contribution is 2.12. The Labute approximate surface area is 136 Å². The molecule has 7 heteroatoms. The summed E-state index contributed by atoms with van der Waals surface area (Å²) in [5.74, 6) is 0.432. The summed E-state index contributed by atoms with van der Waals surface area (Å²) in [5, 5.41) is 5.88. The van der Waals surface area contributed by atoms with Gasteiger partial charge in [-0.05, 0) is 42.9 Å². The first-order valence-electron chi connectivity index (χ1n) is 6.97. The number of ether oxygens (including phenoxy) is 3. The van der Waals surface area contributed by atoms with Crippen LogP contribution in [0.2, 0.25) is 0 Å². The van der Waals surface area contributed by atoms with E-state index in [-0.39, 0.29) is 5.91 Å². The predicted octanol–water partition coefficient (Wildman–Crippen LogP) is 1.35. The Hall–Kier alpha value is -1.70. The van der Waals surface area contributed by atoms with Gasteiger partial charge in [0.15, 0.2) is 5.11 Å². The summed E-state index contributed by atoms with van der Waals surface area (Å²) in [6.45, 7) is 2.29. The fourth-order valence-electron chi connectivity index (χ4n) is 1.58. The van der Waals surface area contributed by atoms with Gasteiger partial charge >= 0.3 is 0 Å². The van der Waals surface area contributed by atoms with Crippen LogP contribution in [0, 0.1) is 0 Å². The van der Waals surface area contributed by atoms with Gasteiger partial charge in [-0.15, -0.1) is 0 Å². The van der Waals surface area contributed by atoms with Gasteiger partial charge in [0.25, 0.3) is 5.91 Å². The smallest absolute Gasteiger partial charge is 0.257 e. The lowest BCUT2D eigenvalue weighted by molar-refractivity contribution is 0.0976. The molecule has 0 aliphatic rings. The van der Waals surface area contributed by atoms with Crippen LogP contribution >= 0.6 is 12.2 Å². The zero-order chi connectivity index (χ0) is 16.2. The monoisotopic (exact) mass is 326 g/mol. The first kappa shape index (κ1) is 18.3. The van der Waals surface area contributed by atoms with E-state index in [4.69, 9.17) is 26.4 Å². The maximum atomic E-state index is 12.0. The topological polar surface area (TPSA) is 68.8 Å². The molecular weight excluding hydrogens is 304 g/mol. The SMILES string of the molecule is COCCCNC(=S)NC(=O)c1ccc(OCCOC)cc1. The number of nitrogens with one attached hydrogen (secondary N) is 2. The highest BCUT2D eigenvalue weighted by Gasteiger charge is 2.07. The Morgan fingerprint density at radius 2 is 1.77 bits per heavy atom. The van der Waals surface area contributed by atoms with Crippen LogP contribution in [0.5, 0.6) is 5.75 Å². The van der Waals surface area contributed by atoms with Gasteiger partial charge in [-0.25, -0.2) is 0 Å². The first-order chi connectivity index (χ1) is 10.7.